The van der Waals surface area contributed by atoms with Gasteiger partial charge in [-0.05, 0) is 37.3 Å². The lowest BCUT2D eigenvalue weighted by atomic mass is 9.85. The van der Waals surface area contributed by atoms with E-state index in [4.69, 9.17) is 6.42 Å². The van der Waals surface area contributed by atoms with Crippen molar-refractivity contribution >= 4 is 15.9 Å². The summed E-state index contributed by atoms with van der Waals surface area (Å²) in [5.74, 6) is 2.33. The summed E-state index contributed by atoms with van der Waals surface area (Å²) in [7, 11) is -3.71. The Balaban J connectivity index is 1.96. The fraction of sp³-hybridized carbons (Fsp3) is 0.500. The maximum atomic E-state index is 13.2. The highest BCUT2D eigenvalue weighted by Gasteiger charge is 2.50. The van der Waals surface area contributed by atoms with Crippen molar-refractivity contribution in [3.8, 4) is 12.3 Å². The average molecular weight is 346 g/mol. The Morgan fingerprint density at radius 3 is 2.67 bits per heavy atom. The maximum Gasteiger partial charge on any atom is 0.244 e. The van der Waals surface area contributed by atoms with Crippen molar-refractivity contribution in [2.45, 2.75) is 49.1 Å². The topological polar surface area (TPSA) is 66.5 Å². The van der Waals surface area contributed by atoms with Crippen LogP contribution in [0.2, 0.25) is 0 Å². The molecule has 3 unspecified atom stereocenters. The van der Waals surface area contributed by atoms with Gasteiger partial charge in [-0.15, -0.1) is 6.42 Å². The van der Waals surface area contributed by atoms with Crippen LogP contribution in [0.25, 0.3) is 0 Å². The Kier molecular flexibility index (Phi) is 4.93. The van der Waals surface area contributed by atoms with Gasteiger partial charge in [-0.1, -0.05) is 37.0 Å². The lowest BCUT2D eigenvalue weighted by Crippen LogP contribution is -2.49. The molecular formula is C18H22N2O3S. The summed E-state index contributed by atoms with van der Waals surface area (Å²) >= 11 is 0. The third-order valence-corrected chi connectivity index (χ3v) is 6.96. The van der Waals surface area contributed by atoms with E-state index in [2.05, 4.69) is 11.2 Å². The van der Waals surface area contributed by atoms with Crippen LogP contribution in [0.15, 0.2) is 35.2 Å². The van der Waals surface area contributed by atoms with Gasteiger partial charge in [0.1, 0.15) is 6.04 Å². The quantitative estimate of drug-likeness (QED) is 0.845. The molecule has 1 aliphatic heterocycles. The molecule has 6 heteroatoms. The normalized spacial score (nSPS) is 27.2. The molecule has 1 aromatic carbocycles. The number of fused-ring (bicyclic) bond motifs is 1. The molecule has 1 heterocycles. The largest absolute Gasteiger partial charge is 0.344 e. The van der Waals surface area contributed by atoms with Crippen LogP contribution in [0.3, 0.4) is 0 Å². The van der Waals surface area contributed by atoms with Crippen molar-refractivity contribution in [1.82, 2.24) is 9.62 Å². The minimum absolute atomic E-state index is 0.0921. The molecule has 3 rings (SSSR count). The molecule has 1 saturated heterocycles. The van der Waals surface area contributed by atoms with E-state index in [-0.39, 0.29) is 29.3 Å². The van der Waals surface area contributed by atoms with Crippen molar-refractivity contribution in [2.24, 2.45) is 5.92 Å². The number of nitrogens with zero attached hydrogens (tertiary/aromatic N) is 1. The van der Waals surface area contributed by atoms with Gasteiger partial charge in [-0.3, -0.25) is 4.79 Å². The fourth-order valence-corrected chi connectivity index (χ4v) is 5.85. The summed E-state index contributed by atoms with van der Waals surface area (Å²) in [6, 6.07) is 7.60. The molecule has 2 aliphatic rings. The standard InChI is InChI=1S/C18H22N2O3S/c1-2-12-19-18(21)17-13-14-8-6-7-11-16(14)20(17)24(22,23)15-9-4-3-5-10-15/h1,3-5,9-10,14,16-17H,6-8,11-13H2,(H,19,21). The minimum atomic E-state index is -3.71. The molecule has 24 heavy (non-hydrogen) atoms. The number of sulfonamides is 1. The molecule has 0 spiro atoms. The minimum Gasteiger partial charge on any atom is -0.344 e. The second-order valence-electron chi connectivity index (χ2n) is 6.43. The summed E-state index contributed by atoms with van der Waals surface area (Å²) in [6.45, 7) is 0.115. The van der Waals surface area contributed by atoms with Crippen LogP contribution in [0.4, 0.5) is 0 Å². The number of rotatable bonds is 4. The summed E-state index contributed by atoms with van der Waals surface area (Å²) < 4.78 is 27.8. The molecule has 128 valence electrons. The molecule has 0 radical (unpaired) electrons. The van der Waals surface area contributed by atoms with E-state index in [1.165, 1.54) is 4.31 Å². The van der Waals surface area contributed by atoms with Crippen LogP contribution in [-0.2, 0) is 14.8 Å². The van der Waals surface area contributed by atoms with E-state index in [9.17, 15) is 13.2 Å². The average Bonchev–Trinajstić information content (AvgIpc) is 3.00. The first-order chi connectivity index (χ1) is 11.6. The number of carbonyl (C=O) groups is 1. The highest BCUT2D eigenvalue weighted by molar-refractivity contribution is 7.89. The highest BCUT2D eigenvalue weighted by Crippen LogP contribution is 2.42. The number of hydrogen-bond acceptors (Lipinski definition) is 3. The van der Waals surface area contributed by atoms with Crippen LogP contribution in [0.5, 0.6) is 0 Å². The molecule has 1 saturated carbocycles. The number of carbonyl (C=O) groups excluding carboxylic acids is 1. The predicted octanol–water partition coefficient (Wildman–Crippen LogP) is 1.76. The van der Waals surface area contributed by atoms with Gasteiger partial charge in [0.25, 0.3) is 0 Å². The third kappa shape index (κ3) is 3.06. The van der Waals surface area contributed by atoms with Gasteiger partial charge in [0, 0.05) is 6.04 Å². The van der Waals surface area contributed by atoms with Crippen molar-refractivity contribution < 1.29 is 13.2 Å². The lowest BCUT2D eigenvalue weighted by Gasteiger charge is -2.32. The van der Waals surface area contributed by atoms with Crippen molar-refractivity contribution in [1.29, 1.82) is 0 Å². The van der Waals surface area contributed by atoms with E-state index in [1.807, 2.05) is 0 Å². The van der Waals surface area contributed by atoms with Crippen LogP contribution in [0, 0.1) is 18.3 Å². The van der Waals surface area contributed by atoms with Gasteiger partial charge in [-0.2, -0.15) is 4.31 Å². The summed E-state index contributed by atoms with van der Waals surface area (Å²) in [6.07, 6.45) is 9.67. The molecule has 2 fully saturated rings. The first-order valence-electron chi connectivity index (χ1n) is 8.35. The lowest BCUT2D eigenvalue weighted by molar-refractivity contribution is -0.124. The molecule has 0 aromatic heterocycles. The molecule has 1 amide bonds. The Morgan fingerprint density at radius 2 is 1.96 bits per heavy atom. The maximum absolute atomic E-state index is 13.2. The molecule has 0 bridgehead atoms. The van der Waals surface area contributed by atoms with Crippen molar-refractivity contribution in [3.05, 3.63) is 30.3 Å². The summed E-state index contributed by atoms with van der Waals surface area (Å²) in [5, 5.41) is 2.66. The van der Waals surface area contributed by atoms with Gasteiger partial charge >= 0.3 is 0 Å². The van der Waals surface area contributed by atoms with Gasteiger partial charge in [0.15, 0.2) is 0 Å². The van der Waals surface area contributed by atoms with E-state index in [1.54, 1.807) is 30.3 Å². The van der Waals surface area contributed by atoms with Gasteiger partial charge in [-0.25, -0.2) is 8.42 Å². The van der Waals surface area contributed by atoms with Crippen molar-refractivity contribution in [3.63, 3.8) is 0 Å². The zero-order valence-corrected chi connectivity index (χ0v) is 14.3. The van der Waals surface area contributed by atoms with E-state index in [0.717, 1.165) is 25.7 Å². The molecule has 1 N–H and O–H groups in total. The van der Waals surface area contributed by atoms with Gasteiger partial charge < -0.3 is 5.32 Å². The zero-order chi connectivity index (χ0) is 17.2. The van der Waals surface area contributed by atoms with Crippen LogP contribution in [-0.4, -0.2) is 37.3 Å². The van der Waals surface area contributed by atoms with E-state index < -0.39 is 16.1 Å². The Labute approximate surface area is 143 Å². The molecule has 5 nitrogen and oxygen atoms in total. The molecule has 3 atom stereocenters. The molecule has 1 aromatic rings. The number of hydrogen-bond donors (Lipinski definition) is 1. The second-order valence-corrected chi connectivity index (χ2v) is 8.28. The summed E-state index contributed by atoms with van der Waals surface area (Å²) in [5.41, 5.74) is 0. The fourth-order valence-electron chi connectivity index (χ4n) is 3.96. The predicted molar refractivity (Wildman–Crippen MR) is 91.5 cm³/mol. The first-order valence-corrected chi connectivity index (χ1v) is 9.79. The van der Waals surface area contributed by atoms with E-state index >= 15 is 0 Å². The molecular weight excluding hydrogens is 324 g/mol. The number of terminal acetylenes is 1. The summed E-state index contributed by atoms with van der Waals surface area (Å²) in [4.78, 5) is 12.8. The number of nitrogens with one attached hydrogen (secondary N) is 1. The second kappa shape index (κ2) is 6.96. The number of benzene rings is 1. The Bertz CT molecular complexity index is 739. The van der Waals surface area contributed by atoms with Gasteiger partial charge in [0.2, 0.25) is 15.9 Å². The van der Waals surface area contributed by atoms with Crippen molar-refractivity contribution in [2.75, 3.05) is 6.54 Å². The van der Waals surface area contributed by atoms with Crippen LogP contribution >= 0.6 is 0 Å². The van der Waals surface area contributed by atoms with Gasteiger partial charge in [0.05, 0.1) is 11.4 Å². The molecule has 1 aliphatic carbocycles. The zero-order valence-electron chi connectivity index (χ0n) is 13.5. The Morgan fingerprint density at radius 1 is 1.25 bits per heavy atom. The third-order valence-electron chi connectivity index (χ3n) is 5.01. The van der Waals surface area contributed by atoms with Crippen LogP contribution in [0.1, 0.15) is 32.1 Å². The smallest absolute Gasteiger partial charge is 0.244 e. The van der Waals surface area contributed by atoms with Crippen LogP contribution < -0.4 is 5.32 Å². The monoisotopic (exact) mass is 346 g/mol. The SMILES string of the molecule is C#CCNC(=O)C1CC2CCCCC2N1S(=O)(=O)c1ccccc1. The highest BCUT2D eigenvalue weighted by atomic mass is 32.2. The first kappa shape index (κ1) is 17.0. The van der Waals surface area contributed by atoms with E-state index in [0.29, 0.717) is 6.42 Å². The Hall–Kier alpha value is -1.84. The number of amides is 1.